The number of aliphatic hydroxyl groups is 1. The maximum Gasteiger partial charge on any atom is 0.271 e. The number of carbonyl (C=O) groups is 1. The first-order valence-electron chi connectivity index (χ1n) is 4.95. The molecule has 0 aliphatic heterocycles. The van der Waals surface area contributed by atoms with Crippen LogP contribution in [0.25, 0.3) is 0 Å². The van der Waals surface area contributed by atoms with E-state index in [2.05, 4.69) is 4.98 Å². The van der Waals surface area contributed by atoms with Crippen molar-refractivity contribution in [2.45, 2.75) is 6.10 Å². The van der Waals surface area contributed by atoms with Crippen molar-refractivity contribution in [3.8, 4) is 0 Å². The van der Waals surface area contributed by atoms with Gasteiger partial charge in [-0.15, -0.1) is 0 Å². The summed E-state index contributed by atoms with van der Waals surface area (Å²) in [4.78, 5) is 17.2. The molecule has 16 heavy (non-hydrogen) atoms. The maximum atomic E-state index is 11.9. The summed E-state index contributed by atoms with van der Waals surface area (Å²) < 4.78 is 6.43. The highest BCUT2D eigenvalue weighted by molar-refractivity contribution is 5.92. The van der Waals surface area contributed by atoms with Crippen molar-refractivity contribution in [2.75, 3.05) is 27.3 Å². The molecule has 6 heteroatoms. The molecular formula is C10H17N3O3. The molecule has 0 spiro atoms. The zero-order valence-electron chi connectivity index (χ0n) is 9.75. The van der Waals surface area contributed by atoms with E-state index in [0.29, 0.717) is 5.69 Å². The summed E-state index contributed by atoms with van der Waals surface area (Å²) in [6.07, 6.45) is 2.39. The van der Waals surface area contributed by atoms with Crippen LogP contribution in [0.2, 0.25) is 0 Å². The second-order valence-electron chi connectivity index (χ2n) is 3.68. The van der Waals surface area contributed by atoms with Gasteiger partial charge in [0.1, 0.15) is 5.69 Å². The Morgan fingerprint density at radius 2 is 2.44 bits per heavy atom. The topological polar surface area (TPSA) is 67.6 Å². The lowest BCUT2D eigenvalue weighted by molar-refractivity contribution is 0.0376. The predicted molar refractivity (Wildman–Crippen MR) is 58.1 cm³/mol. The van der Waals surface area contributed by atoms with E-state index in [1.54, 1.807) is 25.0 Å². The number of ether oxygens (including phenoxy) is 1. The summed E-state index contributed by atoms with van der Waals surface area (Å²) in [6, 6.07) is 0. The smallest absolute Gasteiger partial charge is 0.271 e. The molecule has 6 nitrogen and oxygen atoms in total. The number of amides is 1. The quantitative estimate of drug-likeness (QED) is 0.736. The molecule has 1 amide bonds. The van der Waals surface area contributed by atoms with Crippen LogP contribution in [0.5, 0.6) is 0 Å². The molecule has 0 fully saturated rings. The van der Waals surface area contributed by atoms with Gasteiger partial charge in [-0.25, -0.2) is 4.98 Å². The number of methoxy groups -OCH3 is 1. The SMILES string of the molecule is COCC(O)CN(C)C(=O)c1cncn1C. The Hall–Kier alpha value is -1.40. The van der Waals surface area contributed by atoms with Crippen molar-refractivity contribution in [3.05, 3.63) is 18.2 Å². The van der Waals surface area contributed by atoms with Crippen molar-refractivity contribution in [2.24, 2.45) is 7.05 Å². The van der Waals surface area contributed by atoms with Gasteiger partial charge in [0.25, 0.3) is 5.91 Å². The van der Waals surface area contributed by atoms with Crippen LogP contribution in [-0.2, 0) is 11.8 Å². The van der Waals surface area contributed by atoms with Crippen LogP contribution in [0, 0.1) is 0 Å². The number of aryl methyl sites for hydroxylation is 1. The van der Waals surface area contributed by atoms with Gasteiger partial charge in [0.2, 0.25) is 0 Å². The molecular weight excluding hydrogens is 210 g/mol. The van der Waals surface area contributed by atoms with Crippen molar-refractivity contribution >= 4 is 5.91 Å². The average molecular weight is 227 g/mol. The normalized spacial score (nSPS) is 12.5. The van der Waals surface area contributed by atoms with E-state index < -0.39 is 6.10 Å². The number of aliphatic hydroxyl groups excluding tert-OH is 1. The molecule has 1 aromatic rings. The Morgan fingerprint density at radius 1 is 1.75 bits per heavy atom. The Labute approximate surface area is 94.5 Å². The van der Waals surface area contributed by atoms with Gasteiger partial charge >= 0.3 is 0 Å². The molecule has 0 bridgehead atoms. The van der Waals surface area contributed by atoms with E-state index >= 15 is 0 Å². The molecule has 1 unspecified atom stereocenters. The molecule has 1 heterocycles. The van der Waals surface area contributed by atoms with Gasteiger partial charge < -0.3 is 19.3 Å². The lowest BCUT2D eigenvalue weighted by Crippen LogP contribution is -2.36. The van der Waals surface area contributed by atoms with Gasteiger partial charge in [0, 0.05) is 27.7 Å². The molecule has 0 aliphatic rings. The summed E-state index contributed by atoms with van der Waals surface area (Å²) in [5, 5.41) is 9.49. The maximum absolute atomic E-state index is 11.9. The highest BCUT2D eigenvalue weighted by atomic mass is 16.5. The molecule has 1 atom stereocenters. The summed E-state index contributed by atoms with van der Waals surface area (Å²) >= 11 is 0. The zero-order valence-corrected chi connectivity index (χ0v) is 9.75. The summed E-state index contributed by atoms with van der Waals surface area (Å²) in [7, 11) is 4.89. The fraction of sp³-hybridized carbons (Fsp3) is 0.600. The Morgan fingerprint density at radius 3 is 2.94 bits per heavy atom. The van der Waals surface area contributed by atoms with Crippen molar-refractivity contribution in [1.29, 1.82) is 0 Å². The fourth-order valence-corrected chi connectivity index (χ4v) is 1.40. The van der Waals surface area contributed by atoms with Crippen LogP contribution in [-0.4, -0.2) is 58.9 Å². The Kier molecular flexibility index (Phi) is 4.45. The van der Waals surface area contributed by atoms with E-state index in [0.717, 1.165) is 0 Å². The lowest BCUT2D eigenvalue weighted by Gasteiger charge is -2.20. The van der Waals surface area contributed by atoms with Crippen LogP contribution in [0.15, 0.2) is 12.5 Å². The first-order chi connectivity index (χ1) is 7.56. The monoisotopic (exact) mass is 227 g/mol. The minimum absolute atomic E-state index is 0.171. The van der Waals surface area contributed by atoms with Gasteiger partial charge in [-0.3, -0.25) is 4.79 Å². The third-order valence-electron chi connectivity index (χ3n) is 2.23. The second kappa shape index (κ2) is 5.62. The van der Waals surface area contributed by atoms with E-state index in [1.807, 2.05) is 0 Å². The molecule has 0 saturated carbocycles. The first kappa shape index (κ1) is 12.7. The number of likely N-dealkylation sites (N-methyl/N-ethyl adjacent to an activating group) is 1. The first-order valence-corrected chi connectivity index (χ1v) is 4.95. The average Bonchev–Trinajstić information content (AvgIpc) is 2.63. The van der Waals surface area contributed by atoms with Gasteiger partial charge in [0.05, 0.1) is 25.2 Å². The van der Waals surface area contributed by atoms with Gasteiger partial charge in [-0.05, 0) is 0 Å². The molecule has 0 saturated heterocycles. The van der Waals surface area contributed by atoms with E-state index in [1.165, 1.54) is 18.2 Å². The minimum Gasteiger partial charge on any atom is -0.389 e. The van der Waals surface area contributed by atoms with Gasteiger partial charge in [-0.1, -0.05) is 0 Å². The number of hydrogen-bond acceptors (Lipinski definition) is 4. The Balaban J connectivity index is 2.58. The van der Waals surface area contributed by atoms with Crippen molar-refractivity contribution in [3.63, 3.8) is 0 Å². The highest BCUT2D eigenvalue weighted by Crippen LogP contribution is 2.02. The van der Waals surface area contributed by atoms with E-state index in [9.17, 15) is 9.90 Å². The van der Waals surface area contributed by atoms with E-state index in [4.69, 9.17) is 4.74 Å². The third kappa shape index (κ3) is 3.04. The number of aromatic nitrogens is 2. The summed E-state index contributed by atoms with van der Waals surface area (Å²) in [5.41, 5.74) is 0.493. The highest BCUT2D eigenvalue weighted by Gasteiger charge is 2.17. The van der Waals surface area contributed by atoms with E-state index in [-0.39, 0.29) is 19.1 Å². The molecule has 0 aliphatic carbocycles. The van der Waals surface area contributed by atoms with Crippen LogP contribution < -0.4 is 0 Å². The molecule has 0 aromatic carbocycles. The number of rotatable bonds is 5. The number of imidazole rings is 1. The largest absolute Gasteiger partial charge is 0.389 e. The van der Waals surface area contributed by atoms with Crippen molar-refractivity contribution in [1.82, 2.24) is 14.5 Å². The fourth-order valence-electron chi connectivity index (χ4n) is 1.40. The lowest BCUT2D eigenvalue weighted by atomic mass is 10.3. The molecule has 0 radical (unpaired) electrons. The predicted octanol–water partition coefficient (Wildman–Crippen LogP) is -0.501. The molecule has 90 valence electrons. The zero-order chi connectivity index (χ0) is 12.1. The van der Waals surface area contributed by atoms with Crippen LogP contribution in [0.3, 0.4) is 0 Å². The van der Waals surface area contributed by atoms with Crippen LogP contribution in [0.1, 0.15) is 10.5 Å². The molecule has 1 N–H and O–H groups in total. The number of nitrogens with zero attached hydrogens (tertiary/aromatic N) is 3. The third-order valence-corrected chi connectivity index (χ3v) is 2.23. The van der Waals surface area contributed by atoms with Crippen molar-refractivity contribution < 1.29 is 14.6 Å². The van der Waals surface area contributed by atoms with Gasteiger partial charge in [0.15, 0.2) is 0 Å². The molecule has 1 rings (SSSR count). The molecule has 1 aromatic heterocycles. The second-order valence-corrected chi connectivity index (χ2v) is 3.68. The number of hydrogen-bond donors (Lipinski definition) is 1. The summed E-state index contributed by atoms with van der Waals surface area (Å²) in [5.74, 6) is -0.171. The summed E-state index contributed by atoms with van der Waals surface area (Å²) in [6.45, 7) is 0.445. The minimum atomic E-state index is -0.674. The van der Waals surface area contributed by atoms with Crippen LogP contribution >= 0.6 is 0 Å². The Bertz CT molecular complexity index is 351. The van der Waals surface area contributed by atoms with Gasteiger partial charge in [-0.2, -0.15) is 0 Å². The van der Waals surface area contributed by atoms with Crippen LogP contribution in [0.4, 0.5) is 0 Å². The standard InChI is InChI=1S/C10H17N3O3/c1-12(5-8(14)6-16-3)10(15)9-4-11-7-13(9)2/h4,7-8,14H,5-6H2,1-3H3. The number of carbonyl (C=O) groups excluding carboxylic acids is 1.